The summed E-state index contributed by atoms with van der Waals surface area (Å²) in [6, 6.07) is 11.9. The number of carbonyl (C=O) groups excluding carboxylic acids is 1. The number of hydrogen-bond acceptors (Lipinski definition) is 1. The Bertz CT molecular complexity index is 485. The van der Waals surface area contributed by atoms with Crippen molar-refractivity contribution >= 4 is 5.91 Å². The number of nitrogens with zero attached hydrogens (tertiary/aromatic N) is 1. The fourth-order valence-corrected chi connectivity index (χ4v) is 1.99. The maximum absolute atomic E-state index is 11.3. The van der Waals surface area contributed by atoms with Crippen LogP contribution in [0.1, 0.15) is 24.8 Å². The number of nitrogens with two attached hydrogens (primary N) is 1. The molecule has 88 valence electrons. The SMILES string of the molecule is CCC(C(N)=O)c1ccc(-n2cccc2)cc1. The second-order valence-corrected chi connectivity index (χ2v) is 4.05. The van der Waals surface area contributed by atoms with E-state index in [0.717, 1.165) is 17.7 Å². The van der Waals surface area contributed by atoms with Crippen LogP contribution in [-0.4, -0.2) is 10.5 Å². The number of hydrogen-bond donors (Lipinski definition) is 1. The van der Waals surface area contributed by atoms with Crippen LogP contribution in [0.4, 0.5) is 0 Å². The van der Waals surface area contributed by atoms with Crippen LogP contribution in [0.2, 0.25) is 0 Å². The molecule has 0 saturated carbocycles. The van der Waals surface area contributed by atoms with Gasteiger partial charge in [0.15, 0.2) is 0 Å². The zero-order valence-electron chi connectivity index (χ0n) is 9.84. The Hall–Kier alpha value is -2.03. The van der Waals surface area contributed by atoms with E-state index >= 15 is 0 Å². The quantitative estimate of drug-likeness (QED) is 0.858. The Morgan fingerprint density at radius 3 is 2.29 bits per heavy atom. The van der Waals surface area contributed by atoms with Crippen LogP contribution in [0, 0.1) is 0 Å². The minimum absolute atomic E-state index is 0.186. The molecule has 0 bridgehead atoms. The average molecular weight is 228 g/mol. The molecule has 0 aliphatic heterocycles. The molecule has 2 N–H and O–H groups in total. The van der Waals surface area contributed by atoms with Crippen LogP contribution in [0.25, 0.3) is 5.69 Å². The third-order valence-electron chi connectivity index (χ3n) is 2.95. The van der Waals surface area contributed by atoms with Gasteiger partial charge in [0.25, 0.3) is 0 Å². The fourth-order valence-electron chi connectivity index (χ4n) is 1.99. The van der Waals surface area contributed by atoms with E-state index in [4.69, 9.17) is 5.73 Å². The van der Waals surface area contributed by atoms with Crippen molar-refractivity contribution in [2.45, 2.75) is 19.3 Å². The van der Waals surface area contributed by atoms with Crippen LogP contribution < -0.4 is 5.73 Å². The van der Waals surface area contributed by atoms with Crippen LogP contribution in [0.5, 0.6) is 0 Å². The molecule has 3 nitrogen and oxygen atoms in total. The highest BCUT2D eigenvalue weighted by Crippen LogP contribution is 2.20. The molecule has 0 aliphatic rings. The average Bonchev–Trinajstić information content (AvgIpc) is 2.84. The molecule has 2 rings (SSSR count). The summed E-state index contributed by atoms with van der Waals surface area (Å²) in [7, 11) is 0. The molecule has 2 aromatic rings. The summed E-state index contributed by atoms with van der Waals surface area (Å²) in [6.07, 6.45) is 4.71. The molecular weight excluding hydrogens is 212 g/mol. The highest BCUT2D eigenvalue weighted by atomic mass is 16.1. The molecule has 1 aromatic heterocycles. The third-order valence-corrected chi connectivity index (χ3v) is 2.95. The maximum atomic E-state index is 11.3. The molecule has 3 heteroatoms. The molecule has 1 atom stereocenters. The van der Waals surface area contributed by atoms with Gasteiger partial charge in [-0.15, -0.1) is 0 Å². The lowest BCUT2D eigenvalue weighted by atomic mass is 9.96. The smallest absolute Gasteiger partial charge is 0.224 e. The van der Waals surface area contributed by atoms with Crippen molar-refractivity contribution in [3.8, 4) is 5.69 Å². The molecule has 0 radical (unpaired) electrons. The van der Waals surface area contributed by atoms with E-state index in [2.05, 4.69) is 0 Å². The highest BCUT2D eigenvalue weighted by molar-refractivity contribution is 5.81. The molecule has 1 unspecified atom stereocenters. The van der Waals surface area contributed by atoms with Crippen molar-refractivity contribution in [2.75, 3.05) is 0 Å². The van der Waals surface area contributed by atoms with E-state index in [1.54, 1.807) is 0 Å². The van der Waals surface area contributed by atoms with E-state index in [1.165, 1.54) is 0 Å². The van der Waals surface area contributed by atoms with E-state index in [1.807, 2.05) is 60.3 Å². The second kappa shape index (κ2) is 4.87. The molecule has 0 spiro atoms. The maximum Gasteiger partial charge on any atom is 0.224 e. The van der Waals surface area contributed by atoms with Gasteiger partial charge >= 0.3 is 0 Å². The first-order valence-electron chi connectivity index (χ1n) is 5.75. The Morgan fingerprint density at radius 2 is 1.82 bits per heavy atom. The van der Waals surface area contributed by atoms with Crippen LogP contribution >= 0.6 is 0 Å². The van der Waals surface area contributed by atoms with Crippen molar-refractivity contribution < 1.29 is 4.79 Å². The van der Waals surface area contributed by atoms with Crippen molar-refractivity contribution in [3.05, 3.63) is 54.4 Å². The largest absolute Gasteiger partial charge is 0.369 e. The summed E-state index contributed by atoms with van der Waals surface area (Å²) in [4.78, 5) is 11.3. The molecular formula is C14H16N2O. The van der Waals surface area contributed by atoms with Gasteiger partial charge in [-0.25, -0.2) is 0 Å². The predicted molar refractivity (Wildman–Crippen MR) is 68.0 cm³/mol. The number of primary amides is 1. The van der Waals surface area contributed by atoms with E-state index in [0.29, 0.717) is 0 Å². The normalized spacial score (nSPS) is 12.3. The number of carbonyl (C=O) groups is 1. The Balaban J connectivity index is 2.26. The lowest BCUT2D eigenvalue weighted by molar-refractivity contribution is -0.119. The van der Waals surface area contributed by atoms with Crippen molar-refractivity contribution in [2.24, 2.45) is 5.73 Å². The van der Waals surface area contributed by atoms with Crippen LogP contribution in [0.15, 0.2) is 48.8 Å². The summed E-state index contributed by atoms with van der Waals surface area (Å²) in [5.74, 6) is -0.449. The molecule has 1 heterocycles. The molecule has 0 fully saturated rings. The second-order valence-electron chi connectivity index (χ2n) is 4.05. The zero-order valence-corrected chi connectivity index (χ0v) is 9.84. The monoisotopic (exact) mass is 228 g/mol. The zero-order chi connectivity index (χ0) is 12.3. The topological polar surface area (TPSA) is 48.0 Å². The molecule has 1 aromatic carbocycles. The molecule has 0 saturated heterocycles. The minimum atomic E-state index is -0.263. The van der Waals surface area contributed by atoms with Gasteiger partial charge in [0.2, 0.25) is 5.91 Å². The van der Waals surface area contributed by atoms with Gasteiger partial charge in [-0.05, 0) is 36.2 Å². The van der Waals surface area contributed by atoms with Crippen molar-refractivity contribution in [1.82, 2.24) is 4.57 Å². The molecule has 0 aliphatic carbocycles. The van der Waals surface area contributed by atoms with Gasteiger partial charge in [0, 0.05) is 18.1 Å². The molecule has 1 amide bonds. The van der Waals surface area contributed by atoms with Gasteiger partial charge in [-0.1, -0.05) is 19.1 Å². The summed E-state index contributed by atoms with van der Waals surface area (Å²) in [5.41, 5.74) is 7.43. The molecule has 17 heavy (non-hydrogen) atoms. The van der Waals surface area contributed by atoms with Crippen LogP contribution in [-0.2, 0) is 4.79 Å². The minimum Gasteiger partial charge on any atom is -0.369 e. The van der Waals surface area contributed by atoms with Gasteiger partial charge in [-0.3, -0.25) is 4.79 Å². The Morgan fingerprint density at radius 1 is 1.24 bits per heavy atom. The summed E-state index contributed by atoms with van der Waals surface area (Å²) in [5, 5.41) is 0. The van der Waals surface area contributed by atoms with Gasteiger partial charge in [0.1, 0.15) is 0 Å². The predicted octanol–water partition coefficient (Wildman–Crippen LogP) is 2.46. The standard InChI is InChI=1S/C14H16N2O/c1-2-13(14(15)17)11-5-7-12(8-6-11)16-9-3-4-10-16/h3-10,13H,2H2,1H3,(H2,15,17). The summed E-state index contributed by atoms with van der Waals surface area (Å²) < 4.78 is 2.02. The van der Waals surface area contributed by atoms with Crippen LogP contribution in [0.3, 0.4) is 0 Å². The Labute approximate surface area is 101 Å². The fraction of sp³-hybridized carbons (Fsp3) is 0.214. The number of benzene rings is 1. The van der Waals surface area contributed by atoms with Crippen molar-refractivity contribution in [3.63, 3.8) is 0 Å². The number of rotatable bonds is 4. The highest BCUT2D eigenvalue weighted by Gasteiger charge is 2.14. The summed E-state index contributed by atoms with van der Waals surface area (Å²) in [6.45, 7) is 1.97. The first-order chi connectivity index (χ1) is 8.22. The van der Waals surface area contributed by atoms with E-state index in [9.17, 15) is 4.79 Å². The lowest BCUT2D eigenvalue weighted by Gasteiger charge is -2.12. The van der Waals surface area contributed by atoms with Gasteiger partial charge < -0.3 is 10.3 Å². The van der Waals surface area contributed by atoms with E-state index in [-0.39, 0.29) is 11.8 Å². The van der Waals surface area contributed by atoms with Crippen molar-refractivity contribution in [1.29, 1.82) is 0 Å². The first kappa shape index (κ1) is 11.5. The first-order valence-corrected chi connectivity index (χ1v) is 5.75. The summed E-state index contributed by atoms with van der Waals surface area (Å²) >= 11 is 0. The van der Waals surface area contributed by atoms with Gasteiger partial charge in [-0.2, -0.15) is 0 Å². The third kappa shape index (κ3) is 2.38. The lowest BCUT2D eigenvalue weighted by Crippen LogP contribution is -2.20. The van der Waals surface area contributed by atoms with Gasteiger partial charge in [0.05, 0.1) is 5.92 Å². The van der Waals surface area contributed by atoms with E-state index < -0.39 is 0 Å². The Kier molecular flexibility index (Phi) is 3.28. The number of amides is 1. The number of aromatic nitrogens is 1.